The molecule has 1 N–H and O–H groups in total. The van der Waals surface area contributed by atoms with Gasteiger partial charge in [-0.2, -0.15) is 5.21 Å². The Balaban J connectivity index is 0. The Bertz CT molecular complexity index is 91.1. The summed E-state index contributed by atoms with van der Waals surface area (Å²) >= 11 is 0. The van der Waals surface area contributed by atoms with Gasteiger partial charge < -0.3 is 0 Å². The number of hydrogen-bond donors (Lipinski definition) is 1. The van der Waals surface area contributed by atoms with E-state index in [1.54, 1.807) is 0 Å². The molecule has 0 fully saturated rings. The van der Waals surface area contributed by atoms with Gasteiger partial charge in [0, 0.05) is 40.5 Å². The van der Waals surface area contributed by atoms with E-state index in [9.17, 15) is 4.57 Å². The SMILES string of the molecule is O=PN(P)[N+](O)(P)P.[U]. The minimum atomic E-state index is -0.615. The molecule has 3 atom stereocenters. The summed E-state index contributed by atoms with van der Waals surface area (Å²) in [4.78, 5) is 0. The second-order valence-corrected chi connectivity index (χ2v) is 4.72. The van der Waals surface area contributed by atoms with Crippen molar-refractivity contribution in [1.29, 1.82) is 0 Å². The van der Waals surface area contributed by atoms with E-state index in [1.165, 1.54) is 0 Å². The Morgan fingerprint density at radius 1 is 1.56 bits per heavy atom. The summed E-state index contributed by atoms with van der Waals surface area (Å²) in [7, 11) is 5.86. The van der Waals surface area contributed by atoms with Gasteiger partial charge in [-0.3, -0.25) is 4.57 Å². The fraction of sp³-hybridized carbons (Fsp3) is 0. The summed E-state index contributed by atoms with van der Waals surface area (Å²) in [5.41, 5.74) is 0. The molecule has 52 valence electrons. The number of quaternary nitrogens is 1. The molecule has 0 heterocycles. The smallest absolute Gasteiger partial charge is 0.250 e. The summed E-state index contributed by atoms with van der Waals surface area (Å²) in [6.07, 6.45) is 0. The maximum atomic E-state index is 9.95. The van der Waals surface area contributed by atoms with E-state index in [1.807, 2.05) is 18.8 Å². The molecule has 0 aliphatic carbocycles. The van der Waals surface area contributed by atoms with E-state index in [0.29, 0.717) is 0 Å². The van der Waals surface area contributed by atoms with Crippen molar-refractivity contribution < 1.29 is 45.2 Å². The summed E-state index contributed by atoms with van der Waals surface area (Å²) in [6, 6.07) is 0. The molecule has 4 nitrogen and oxygen atoms in total. The molecule has 3 unspecified atom stereocenters. The molecule has 0 radical (unpaired) electrons. The van der Waals surface area contributed by atoms with Crippen molar-refractivity contribution in [1.82, 2.24) is 4.55 Å². The molecule has 0 saturated carbocycles. The zero-order valence-electron chi connectivity index (χ0n) is 4.43. The normalized spacial score (nSPS) is 11.7. The number of nitrogens with zero attached hydrogens (tertiary/aromatic N) is 2. The first-order chi connectivity index (χ1) is 3.48. The fourth-order valence-electron chi connectivity index (χ4n) is 0.0585. The third-order valence-electron chi connectivity index (χ3n) is 0.412. The van der Waals surface area contributed by atoms with Crippen LogP contribution in [0.1, 0.15) is 0 Å². The van der Waals surface area contributed by atoms with Gasteiger partial charge in [-0.15, -0.1) is 0 Å². The Kier molecular flexibility index (Phi) is 9.11. The monoisotopic (exact) mass is 429 g/mol. The average molecular weight is 429 g/mol. The second-order valence-electron chi connectivity index (χ2n) is 1.10. The van der Waals surface area contributed by atoms with Crippen molar-refractivity contribution in [3.05, 3.63) is 0 Å². The van der Waals surface area contributed by atoms with Gasteiger partial charge in [-0.1, -0.05) is 4.30 Å². The Hall–Kier alpha value is 2.32. The molecule has 0 rings (SSSR count). The van der Waals surface area contributed by atoms with Gasteiger partial charge in [0.25, 0.3) is 0 Å². The van der Waals surface area contributed by atoms with Crippen LogP contribution in [0.15, 0.2) is 0 Å². The van der Waals surface area contributed by atoms with Gasteiger partial charge in [0.1, 0.15) is 18.8 Å². The van der Waals surface area contributed by atoms with Crippen molar-refractivity contribution in [3.63, 3.8) is 0 Å². The molecule has 0 aromatic carbocycles. The predicted octanol–water partition coefficient (Wildman–Crippen LogP) is 0.986. The minimum absolute atomic E-state index is 0. The summed E-state index contributed by atoms with van der Waals surface area (Å²) in [5.74, 6) is 0. The third-order valence-corrected chi connectivity index (χ3v) is 2.94. The van der Waals surface area contributed by atoms with Crippen LogP contribution in [-0.2, 0) is 4.57 Å². The summed E-state index contributed by atoms with van der Waals surface area (Å²) < 4.78 is 10.4. The number of hydrogen-bond acceptors (Lipinski definition) is 2. The molecular weight excluding hydrogens is 422 g/mol. The summed E-state index contributed by atoms with van der Waals surface area (Å²) in [6.45, 7) is 0. The maximum absolute atomic E-state index is 9.95. The maximum Gasteiger partial charge on any atom is 0.308 e. The van der Waals surface area contributed by atoms with Gasteiger partial charge in [0.2, 0.25) is 0 Å². The first-order valence-electron chi connectivity index (χ1n) is 1.56. The fourth-order valence-corrected chi connectivity index (χ4v) is 0.428. The van der Waals surface area contributed by atoms with Crippen LogP contribution in [0.3, 0.4) is 0 Å². The Labute approximate surface area is 86.0 Å². The van der Waals surface area contributed by atoms with E-state index in [4.69, 9.17) is 5.21 Å². The van der Waals surface area contributed by atoms with Crippen LogP contribution in [0, 0.1) is 31.1 Å². The van der Waals surface area contributed by atoms with Crippen molar-refractivity contribution in [3.8, 4) is 0 Å². The molecule has 0 aliphatic heterocycles. The molecule has 0 aromatic rings. The summed E-state index contributed by atoms with van der Waals surface area (Å²) in [5, 5.41) is 8.85. The van der Waals surface area contributed by atoms with Crippen LogP contribution in [0.2, 0.25) is 0 Å². The van der Waals surface area contributed by atoms with Gasteiger partial charge in [-0.25, -0.2) is 0 Å². The molecule has 0 aromatic heterocycles. The minimum Gasteiger partial charge on any atom is -0.250 e. The molecule has 0 aliphatic rings. The van der Waals surface area contributed by atoms with E-state index in [0.717, 1.165) is 4.55 Å². The van der Waals surface area contributed by atoms with Crippen LogP contribution in [0.5, 0.6) is 0 Å². The molecule has 0 bridgehead atoms. The van der Waals surface area contributed by atoms with E-state index in [2.05, 4.69) is 9.39 Å². The van der Waals surface area contributed by atoms with Crippen molar-refractivity contribution in [2.24, 2.45) is 0 Å². The predicted molar refractivity (Wildman–Crippen MR) is 40.6 cm³/mol. The second kappa shape index (κ2) is 5.91. The third kappa shape index (κ3) is 6.71. The van der Waals surface area contributed by atoms with Crippen LogP contribution in [0.25, 0.3) is 0 Å². The van der Waals surface area contributed by atoms with Crippen LogP contribution in [-0.4, -0.2) is 14.1 Å². The molecule has 0 spiro atoms. The van der Waals surface area contributed by atoms with Crippen LogP contribution < -0.4 is 0 Å². The largest absolute Gasteiger partial charge is 0.308 e. The molecule has 9 heavy (non-hydrogen) atoms. The van der Waals surface area contributed by atoms with Crippen molar-refractivity contribution in [2.75, 3.05) is 0 Å². The molecule has 9 heteroatoms. The van der Waals surface area contributed by atoms with Gasteiger partial charge in [-0.05, 0) is 4.55 Å². The zero-order chi connectivity index (χ0) is 6.78. The first kappa shape index (κ1) is 13.9. The standard InChI is InChI=1S/H7N2O2P4.U/c3-2(6,7)1(5)8-4;/h3H,5-7H2;/q+1;. The Morgan fingerprint density at radius 3 is 1.89 bits per heavy atom. The van der Waals surface area contributed by atoms with Crippen LogP contribution >= 0.6 is 36.8 Å². The average Bonchev–Trinajstić information content (AvgIpc) is 1.62. The quantitative estimate of drug-likeness (QED) is 0.526. The topological polar surface area (TPSA) is 40.5 Å². The first-order valence-corrected chi connectivity index (χ1v) is 3.87. The molecular formula is H7N2O2P4U+. The van der Waals surface area contributed by atoms with Gasteiger partial charge in [0.05, 0.1) is 0 Å². The number of rotatable bonds is 2. The molecule has 0 amide bonds. The van der Waals surface area contributed by atoms with Crippen molar-refractivity contribution in [2.45, 2.75) is 0 Å². The van der Waals surface area contributed by atoms with E-state index >= 15 is 0 Å². The molecule has 0 saturated heterocycles. The van der Waals surface area contributed by atoms with Crippen LogP contribution in [0.4, 0.5) is 0 Å². The zero-order valence-corrected chi connectivity index (χ0v) is 13.0. The van der Waals surface area contributed by atoms with Crippen molar-refractivity contribution >= 4 is 36.8 Å². The van der Waals surface area contributed by atoms with Gasteiger partial charge >= 0.3 is 8.61 Å². The van der Waals surface area contributed by atoms with E-state index < -0.39 is 4.30 Å². The van der Waals surface area contributed by atoms with E-state index in [-0.39, 0.29) is 39.7 Å². The van der Waals surface area contributed by atoms with Gasteiger partial charge in [0.15, 0.2) is 0 Å². The Morgan fingerprint density at radius 2 is 1.89 bits per heavy atom.